The molecule has 0 spiro atoms. The van der Waals surface area contributed by atoms with Crippen LogP contribution in [0.2, 0.25) is 22.2 Å². The Labute approximate surface area is 197 Å². The number of aromatic amines is 1. The molecule has 186 valence electrons. The second-order valence-electron chi connectivity index (χ2n) is 10.4. The predicted molar refractivity (Wildman–Crippen MR) is 129 cm³/mol. The first kappa shape index (κ1) is 26.2. The molecule has 33 heavy (non-hydrogen) atoms. The Bertz CT molecular complexity index is 956. The SMILES string of the molecule is CC(C)[Si]1(C(C)C)OC[C@H]2O[C@@H](n3cc(C=O)c(=O)[nH]c3=O)C[C@@H]2O[Si](C(C)C)(C(C)C)O1. The minimum Gasteiger partial charge on any atom is -0.414 e. The maximum Gasteiger partial charge on any atom is 0.335 e. The molecule has 2 aliphatic rings. The van der Waals surface area contributed by atoms with E-state index in [0.717, 1.165) is 0 Å². The fourth-order valence-electron chi connectivity index (χ4n) is 5.11. The summed E-state index contributed by atoms with van der Waals surface area (Å²) in [5.41, 5.74) is -0.652. The first-order chi connectivity index (χ1) is 15.4. The number of hydrogen-bond acceptors (Lipinski definition) is 7. The topological polar surface area (TPSA) is 109 Å². The van der Waals surface area contributed by atoms with Crippen LogP contribution in [0.5, 0.6) is 0 Å². The van der Waals surface area contributed by atoms with Crippen molar-refractivity contribution < 1.29 is 22.5 Å². The van der Waals surface area contributed by atoms with Gasteiger partial charge in [-0.3, -0.25) is 19.1 Å². The highest BCUT2D eigenvalue weighted by molar-refractivity contribution is 6.83. The molecule has 3 heterocycles. The van der Waals surface area contributed by atoms with E-state index in [9.17, 15) is 14.4 Å². The highest BCUT2D eigenvalue weighted by atomic mass is 28.5. The summed E-state index contributed by atoms with van der Waals surface area (Å²) in [6.45, 7) is 17.5. The normalized spacial score (nSPS) is 27.1. The van der Waals surface area contributed by atoms with Crippen LogP contribution in [0.25, 0.3) is 0 Å². The standard InChI is InChI=1S/C22H38N2O7Si2/c1-13(2)32(14(3)4)28-12-19-18(30-33(31-32,15(5)6)16(7)8)9-20(29-19)24-10-17(11-25)21(26)23-22(24)27/h10-11,13-16,18-20H,9,12H2,1-8H3,(H,23,26,27)/t18-,19+,20+/m0/s1. The number of nitrogens with one attached hydrogen (secondary N) is 1. The summed E-state index contributed by atoms with van der Waals surface area (Å²) in [5.74, 6) is 0. The highest BCUT2D eigenvalue weighted by Crippen LogP contribution is 2.48. The van der Waals surface area contributed by atoms with E-state index in [-0.39, 0.29) is 39.9 Å². The van der Waals surface area contributed by atoms with Crippen LogP contribution >= 0.6 is 0 Å². The van der Waals surface area contributed by atoms with Crippen LogP contribution in [0.4, 0.5) is 0 Å². The Morgan fingerprint density at radius 1 is 0.970 bits per heavy atom. The molecule has 2 aliphatic heterocycles. The average molecular weight is 499 g/mol. The third-order valence-electron chi connectivity index (χ3n) is 6.96. The number of aldehydes is 1. The summed E-state index contributed by atoms with van der Waals surface area (Å²) < 4.78 is 28.3. The van der Waals surface area contributed by atoms with E-state index in [1.54, 1.807) is 0 Å². The summed E-state index contributed by atoms with van der Waals surface area (Å²) in [5, 5.41) is 0. The van der Waals surface area contributed by atoms with Crippen LogP contribution in [0, 0.1) is 0 Å². The van der Waals surface area contributed by atoms with Crippen LogP contribution in [0.3, 0.4) is 0 Å². The lowest BCUT2D eigenvalue weighted by molar-refractivity contribution is -0.0566. The quantitative estimate of drug-likeness (QED) is 0.471. The number of fused-ring (bicyclic) bond motifs is 1. The molecular weight excluding hydrogens is 460 g/mol. The van der Waals surface area contributed by atoms with Gasteiger partial charge in [-0.25, -0.2) is 4.79 Å². The van der Waals surface area contributed by atoms with Crippen LogP contribution in [0.15, 0.2) is 15.8 Å². The third-order valence-corrected chi connectivity index (χ3v) is 17.2. The zero-order valence-electron chi connectivity index (χ0n) is 20.9. The van der Waals surface area contributed by atoms with Gasteiger partial charge in [0.2, 0.25) is 0 Å². The number of H-pyrrole nitrogens is 1. The fraction of sp³-hybridized carbons (Fsp3) is 0.773. The summed E-state index contributed by atoms with van der Waals surface area (Å²) in [6, 6.07) is 0. The van der Waals surface area contributed by atoms with E-state index in [4.69, 9.17) is 17.7 Å². The fourth-order valence-corrected chi connectivity index (χ4v) is 16.3. The lowest BCUT2D eigenvalue weighted by Crippen LogP contribution is -2.65. The van der Waals surface area contributed by atoms with Crippen molar-refractivity contribution in [3.63, 3.8) is 0 Å². The van der Waals surface area contributed by atoms with Gasteiger partial charge in [-0.05, 0) is 22.2 Å². The smallest absolute Gasteiger partial charge is 0.335 e. The van der Waals surface area contributed by atoms with Gasteiger partial charge in [0.1, 0.15) is 12.3 Å². The van der Waals surface area contributed by atoms with E-state index >= 15 is 0 Å². The van der Waals surface area contributed by atoms with E-state index in [1.165, 1.54) is 10.8 Å². The molecule has 0 aromatic carbocycles. The molecule has 2 saturated heterocycles. The molecule has 9 nitrogen and oxygen atoms in total. The Morgan fingerprint density at radius 3 is 2.06 bits per heavy atom. The van der Waals surface area contributed by atoms with Crippen molar-refractivity contribution in [2.45, 2.75) is 102 Å². The van der Waals surface area contributed by atoms with E-state index in [2.05, 4.69) is 60.4 Å². The minimum atomic E-state index is -2.78. The average Bonchev–Trinajstić information content (AvgIpc) is 3.09. The number of nitrogens with zero attached hydrogens (tertiary/aromatic N) is 1. The maximum atomic E-state index is 12.5. The number of ether oxygens (including phenoxy) is 1. The van der Waals surface area contributed by atoms with Crippen molar-refractivity contribution in [2.24, 2.45) is 0 Å². The maximum absolute atomic E-state index is 12.5. The van der Waals surface area contributed by atoms with Crippen molar-refractivity contribution in [2.75, 3.05) is 6.61 Å². The molecule has 11 heteroatoms. The molecule has 0 amide bonds. The van der Waals surface area contributed by atoms with Gasteiger partial charge < -0.3 is 17.7 Å². The number of carbonyl (C=O) groups excluding carboxylic acids is 1. The molecule has 3 rings (SSSR count). The van der Waals surface area contributed by atoms with E-state index < -0.39 is 34.6 Å². The largest absolute Gasteiger partial charge is 0.414 e. The van der Waals surface area contributed by atoms with Gasteiger partial charge in [0, 0.05) is 12.6 Å². The molecule has 0 aliphatic carbocycles. The number of carbonyl (C=O) groups is 1. The number of rotatable bonds is 6. The summed E-state index contributed by atoms with van der Waals surface area (Å²) in [7, 11) is -5.46. The summed E-state index contributed by atoms with van der Waals surface area (Å²) in [4.78, 5) is 37.8. The zero-order valence-corrected chi connectivity index (χ0v) is 22.9. The van der Waals surface area contributed by atoms with Gasteiger partial charge in [0.15, 0.2) is 6.29 Å². The first-order valence-corrected chi connectivity index (χ1v) is 15.8. The van der Waals surface area contributed by atoms with E-state index in [0.29, 0.717) is 19.3 Å². The van der Waals surface area contributed by atoms with Crippen molar-refractivity contribution in [1.29, 1.82) is 0 Å². The monoisotopic (exact) mass is 498 g/mol. The molecule has 0 radical (unpaired) electrons. The van der Waals surface area contributed by atoms with Gasteiger partial charge in [-0.1, -0.05) is 55.4 Å². The Hall–Kier alpha value is -1.38. The zero-order chi connectivity index (χ0) is 24.7. The van der Waals surface area contributed by atoms with Gasteiger partial charge in [-0.2, -0.15) is 0 Å². The first-order valence-electron chi connectivity index (χ1n) is 11.9. The van der Waals surface area contributed by atoms with Gasteiger partial charge in [0.05, 0.1) is 18.3 Å². The van der Waals surface area contributed by atoms with Crippen LogP contribution < -0.4 is 11.2 Å². The van der Waals surface area contributed by atoms with Crippen molar-refractivity contribution in [1.82, 2.24) is 9.55 Å². The third kappa shape index (κ3) is 4.63. The minimum absolute atomic E-state index is 0.123. The predicted octanol–water partition coefficient (Wildman–Crippen LogP) is 3.59. The molecule has 1 aromatic heterocycles. The lowest BCUT2D eigenvalue weighted by Gasteiger charge is -2.51. The molecule has 1 N–H and O–H groups in total. The molecule has 0 unspecified atom stereocenters. The van der Waals surface area contributed by atoms with Crippen LogP contribution in [0.1, 0.15) is 78.4 Å². The van der Waals surface area contributed by atoms with Crippen molar-refractivity contribution in [3.8, 4) is 0 Å². The Kier molecular flexibility index (Phi) is 7.71. The molecule has 0 bridgehead atoms. The number of hydrogen-bond donors (Lipinski definition) is 1. The van der Waals surface area contributed by atoms with Gasteiger partial charge in [-0.15, -0.1) is 0 Å². The Morgan fingerprint density at radius 2 is 1.55 bits per heavy atom. The molecule has 1 aromatic rings. The second-order valence-corrected chi connectivity index (χ2v) is 19.2. The van der Waals surface area contributed by atoms with Gasteiger partial charge in [0.25, 0.3) is 5.56 Å². The Balaban J connectivity index is 2.05. The number of aromatic nitrogens is 2. The molecule has 0 saturated carbocycles. The molecule has 3 atom stereocenters. The summed E-state index contributed by atoms with van der Waals surface area (Å²) >= 11 is 0. The van der Waals surface area contributed by atoms with Crippen molar-refractivity contribution >= 4 is 23.4 Å². The van der Waals surface area contributed by atoms with Crippen LogP contribution in [-0.2, 0) is 17.7 Å². The lowest BCUT2D eigenvalue weighted by atomic mass is 10.2. The summed E-state index contributed by atoms with van der Waals surface area (Å²) in [6.07, 6.45) is 0.702. The molecular formula is C22H38N2O7Si2. The van der Waals surface area contributed by atoms with E-state index in [1.807, 2.05) is 0 Å². The van der Waals surface area contributed by atoms with Crippen molar-refractivity contribution in [3.05, 3.63) is 32.6 Å². The second kappa shape index (κ2) is 9.70. The van der Waals surface area contributed by atoms with Crippen LogP contribution in [-0.4, -0.2) is 51.8 Å². The van der Waals surface area contributed by atoms with Gasteiger partial charge >= 0.3 is 22.8 Å². The molecule has 2 fully saturated rings. The highest BCUT2D eigenvalue weighted by Gasteiger charge is 2.60.